The molecular formula is C27H34N2O7. The third-order valence-electron chi connectivity index (χ3n) is 8.00. The summed E-state index contributed by atoms with van der Waals surface area (Å²) in [6.45, 7) is 2.13. The number of benzene rings is 1. The quantitative estimate of drug-likeness (QED) is 0.282. The highest BCUT2D eigenvalue weighted by Gasteiger charge is 2.63. The number of likely N-dealkylation sites (N-methyl/N-ethyl adjacent to an activating group) is 1. The van der Waals surface area contributed by atoms with E-state index < -0.39 is 58.0 Å². The molecule has 4 rings (SSSR count). The number of aliphatic hydroxyl groups is 3. The maximum atomic E-state index is 13.7. The van der Waals surface area contributed by atoms with Crippen molar-refractivity contribution in [3.8, 4) is 5.75 Å². The second kappa shape index (κ2) is 9.37. The molecule has 0 radical (unpaired) electrons. The highest BCUT2D eigenvalue weighted by molar-refractivity contribution is 6.24. The molecule has 3 aliphatic carbocycles. The molecule has 1 aromatic carbocycles. The number of aryl methyl sites for hydroxylation is 1. The normalized spacial score (nSPS) is 27.8. The molecule has 0 saturated carbocycles. The SMILES string of the molecule is CCCCCCc1ccc(O)c2c1C[C@@H]1C[C@@H]3[C@@H](N(C)C)C(O)=C(C(N)=O)C(=O)[C@]3(O)C(O)=C1C2=O. The van der Waals surface area contributed by atoms with Gasteiger partial charge in [-0.05, 0) is 62.9 Å². The number of amides is 1. The van der Waals surface area contributed by atoms with Gasteiger partial charge in [0.05, 0.1) is 11.6 Å². The molecule has 36 heavy (non-hydrogen) atoms. The molecule has 6 N–H and O–H groups in total. The van der Waals surface area contributed by atoms with Crippen molar-refractivity contribution in [2.45, 2.75) is 63.5 Å². The molecule has 0 aliphatic heterocycles. The van der Waals surface area contributed by atoms with Crippen LogP contribution in [0.3, 0.4) is 0 Å². The van der Waals surface area contributed by atoms with Crippen LogP contribution in [0.2, 0.25) is 0 Å². The summed E-state index contributed by atoms with van der Waals surface area (Å²) in [5.41, 5.74) is 3.54. The predicted molar refractivity (Wildman–Crippen MR) is 132 cm³/mol. The number of aromatic hydroxyl groups is 1. The summed E-state index contributed by atoms with van der Waals surface area (Å²) in [5, 5.41) is 44.3. The van der Waals surface area contributed by atoms with Gasteiger partial charge in [0.15, 0.2) is 11.4 Å². The van der Waals surface area contributed by atoms with E-state index in [2.05, 4.69) is 6.92 Å². The largest absolute Gasteiger partial charge is 0.510 e. The minimum atomic E-state index is -2.61. The lowest BCUT2D eigenvalue weighted by Crippen LogP contribution is -2.63. The lowest BCUT2D eigenvalue weighted by molar-refractivity contribution is -0.148. The highest BCUT2D eigenvalue weighted by atomic mass is 16.3. The monoisotopic (exact) mass is 498 g/mol. The van der Waals surface area contributed by atoms with Crippen molar-refractivity contribution in [3.05, 3.63) is 51.5 Å². The first kappa shape index (κ1) is 25.9. The van der Waals surface area contributed by atoms with E-state index >= 15 is 0 Å². The zero-order chi connectivity index (χ0) is 26.5. The number of carbonyl (C=O) groups is 3. The summed E-state index contributed by atoms with van der Waals surface area (Å²) in [6.07, 6.45) is 5.34. The Morgan fingerprint density at radius 2 is 1.83 bits per heavy atom. The van der Waals surface area contributed by atoms with Gasteiger partial charge >= 0.3 is 0 Å². The molecule has 9 nitrogen and oxygen atoms in total. The fourth-order valence-corrected chi connectivity index (χ4v) is 6.29. The molecule has 9 heteroatoms. The van der Waals surface area contributed by atoms with Crippen LogP contribution in [-0.2, 0) is 22.4 Å². The molecule has 0 fully saturated rings. The molecule has 1 amide bonds. The van der Waals surface area contributed by atoms with Crippen LogP contribution < -0.4 is 5.73 Å². The first-order valence-corrected chi connectivity index (χ1v) is 12.4. The Hall–Kier alpha value is -3.17. The van der Waals surface area contributed by atoms with Gasteiger partial charge in [0, 0.05) is 11.5 Å². The average molecular weight is 499 g/mol. The van der Waals surface area contributed by atoms with E-state index in [-0.39, 0.29) is 23.3 Å². The van der Waals surface area contributed by atoms with Gasteiger partial charge < -0.3 is 26.2 Å². The van der Waals surface area contributed by atoms with E-state index in [0.717, 1.165) is 37.7 Å². The lowest BCUT2D eigenvalue weighted by atomic mass is 9.58. The van der Waals surface area contributed by atoms with Crippen LogP contribution in [0.25, 0.3) is 0 Å². The number of phenols is 1. The number of hydrogen-bond acceptors (Lipinski definition) is 8. The van der Waals surface area contributed by atoms with E-state index in [9.17, 15) is 34.8 Å². The number of carbonyl (C=O) groups excluding carboxylic acids is 3. The maximum absolute atomic E-state index is 13.7. The fourth-order valence-electron chi connectivity index (χ4n) is 6.29. The number of ketones is 2. The number of fused-ring (bicyclic) bond motifs is 3. The summed E-state index contributed by atoms with van der Waals surface area (Å²) in [7, 11) is 3.22. The Balaban J connectivity index is 1.85. The number of Topliss-reactive ketones (excluding diaryl/α,β-unsaturated/α-hetero) is 2. The van der Waals surface area contributed by atoms with E-state index in [0.29, 0.717) is 12.0 Å². The second-order valence-corrected chi connectivity index (χ2v) is 10.4. The third-order valence-corrected chi connectivity index (χ3v) is 8.00. The number of nitrogens with zero attached hydrogens (tertiary/aromatic N) is 1. The van der Waals surface area contributed by atoms with Gasteiger partial charge in [0.1, 0.15) is 22.8 Å². The van der Waals surface area contributed by atoms with Crippen LogP contribution in [0.4, 0.5) is 0 Å². The Kier molecular flexibility index (Phi) is 6.74. The first-order valence-electron chi connectivity index (χ1n) is 12.4. The van der Waals surface area contributed by atoms with Crippen LogP contribution in [0, 0.1) is 11.8 Å². The zero-order valence-electron chi connectivity index (χ0n) is 20.9. The number of allylic oxidation sites excluding steroid dienone is 1. The van der Waals surface area contributed by atoms with Gasteiger partial charge in [-0.2, -0.15) is 0 Å². The van der Waals surface area contributed by atoms with E-state index in [1.807, 2.05) is 6.07 Å². The molecule has 3 aliphatic rings. The van der Waals surface area contributed by atoms with E-state index in [1.165, 1.54) is 6.07 Å². The molecule has 0 bridgehead atoms. The van der Waals surface area contributed by atoms with Crippen LogP contribution in [0.5, 0.6) is 5.75 Å². The lowest BCUT2D eigenvalue weighted by Gasteiger charge is -2.50. The van der Waals surface area contributed by atoms with Crippen molar-refractivity contribution in [2.75, 3.05) is 14.1 Å². The molecule has 0 unspecified atom stereocenters. The van der Waals surface area contributed by atoms with Gasteiger partial charge in [-0.25, -0.2) is 0 Å². The average Bonchev–Trinajstić information content (AvgIpc) is 2.80. The number of nitrogens with two attached hydrogens (primary N) is 1. The van der Waals surface area contributed by atoms with Crippen molar-refractivity contribution < 1.29 is 34.8 Å². The molecule has 0 saturated heterocycles. The first-order chi connectivity index (χ1) is 17.0. The topological polar surface area (TPSA) is 161 Å². The molecule has 4 atom stereocenters. The number of aliphatic hydroxyl groups excluding tert-OH is 2. The Morgan fingerprint density at radius 1 is 1.14 bits per heavy atom. The minimum absolute atomic E-state index is 0.0729. The zero-order valence-corrected chi connectivity index (χ0v) is 20.9. The molecule has 1 aromatic rings. The number of unbranched alkanes of at least 4 members (excludes halogenated alkanes) is 3. The molecule has 194 valence electrons. The number of rotatable bonds is 7. The Labute approximate surface area is 209 Å². The third kappa shape index (κ3) is 3.72. The summed E-state index contributed by atoms with van der Waals surface area (Å²) in [6, 6.07) is 2.29. The van der Waals surface area contributed by atoms with Crippen LogP contribution >= 0.6 is 0 Å². The van der Waals surface area contributed by atoms with Crippen LogP contribution in [-0.4, -0.2) is 68.5 Å². The van der Waals surface area contributed by atoms with Crippen LogP contribution in [0.1, 0.15) is 60.5 Å². The van der Waals surface area contributed by atoms with Gasteiger partial charge in [-0.15, -0.1) is 0 Å². The van der Waals surface area contributed by atoms with E-state index in [1.54, 1.807) is 19.0 Å². The number of phenolic OH excluding ortho intramolecular Hbond substituents is 1. The number of hydrogen-bond donors (Lipinski definition) is 5. The summed E-state index contributed by atoms with van der Waals surface area (Å²) < 4.78 is 0. The molecule has 0 spiro atoms. The van der Waals surface area contributed by atoms with E-state index in [4.69, 9.17) is 5.73 Å². The Bertz CT molecular complexity index is 1200. The van der Waals surface area contributed by atoms with Gasteiger partial charge in [0.25, 0.3) is 5.91 Å². The van der Waals surface area contributed by atoms with Crippen LogP contribution in [0.15, 0.2) is 34.8 Å². The minimum Gasteiger partial charge on any atom is -0.510 e. The maximum Gasteiger partial charge on any atom is 0.255 e. The van der Waals surface area contributed by atoms with Gasteiger partial charge in [-0.1, -0.05) is 32.3 Å². The number of primary amides is 1. The van der Waals surface area contributed by atoms with Crippen molar-refractivity contribution in [1.29, 1.82) is 0 Å². The summed E-state index contributed by atoms with van der Waals surface area (Å²) in [5.74, 6) is -6.31. The standard InChI is InChI=1S/C27H34N2O7/c1-4-5-6-7-8-13-9-10-17(30)19-15(13)11-14-12-16-21(29(2)3)23(32)20(26(28)35)25(34)27(16,36)24(33)18(14)22(19)31/h9-10,14,16,21,30,32-33,36H,4-8,11-12H2,1-3H3,(H2,28,35)/t14-,16-,21-,27-/m1/s1. The fraction of sp³-hybridized carbons (Fsp3) is 0.519. The molecular weight excluding hydrogens is 464 g/mol. The smallest absolute Gasteiger partial charge is 0.255 e. The molecule has 0 aromatic heterocycles. The van der Waals surface area contributed by atoms with Gasteiger partial charge in [-0.3, -0.25) is 19.3 Å². The van der Waals surface area contributed by atoms with Crippen molar-refractivity contribution in [2.24, 2.45) is 17.6 Å². The van der Waals surface area contributed by atoms with Crippen molar-refractivity contribution >= 4 is 17.5 Å². The van der Waals surface area contributed by atoms with Gasteiger partial charge in [0.2, 0.25) is 5.78 Å². The van der Waals surface area contributed by atoms with Crippen molar-refractivity contribution in [1.82, 2.24) is 4.90 Å². The highest BCUT2D eigenvalue weighted by Crippen LogP contribution is 2.52. The predicted octanol–water partition coefficient (Wildman–Crippen LogP) is 2.24. The molecule has 0 heterocycles. The Morgan fingerprint density at radius 3 is 2.44 bits per heavy atom. The summed E-state index contributed by atoms with van der Waals surface area (Å²) in [4.78, 5) is 40.5. The second-order valence-electron chi connectivity index (χ2n) is 10.4. The van der Waals surface area contributed by atoms with Crippen molar-refractivity contribution in [3.63, 3.8) is 0 Å². The summed E-state index contributed by atoms with van der Waals surface area (Å²) >= 11 is 0.